The monoisotopic (exact) mass is 391 g/mol. The summed E-state index contributed by atoms with van der Waals surface area (Å²) in [6.07, 6.45) is -1.79. The molecule has 1 heterocycles. The average molecular weight is 392 g/mol. The Labute approximate surface area is 156 Å². The van der Waals surface area contributed by atoms with Crippen LogP contribution in [-0.2, 0) is 14.3 Å². The molecule has 1 fully saturated rings. The Morgan fingerprint density at radius 3 is 2.33 bits per heavy atom. The van der Waals surface area contributed by atoms with Crippen LogP contribution in [0.3, 0.4) is 0 Å². The summed E-state index contributed by atoms with van der Waals surface area (Å²) in [6.45, 7) is 1.60. The molecule has 0 aliphatic carbocycles. The lowest BCUT2D eigenvalue weighted by Crippen LogP contribution is -2.51. The van der Waals surface area contributed by atoms with Crippen LogP contribution >= 0.6 is 24.8 Å². The summed E-state index contributed by atoms with van der Waals surface area (Å²) in [6, 6.07) is -0.278. The molecule has 0 radical (unpaired) electrons. The van der Waals surface area contributed by atoms with Crippen LogP contribution in [0.2, 0.25) is 0 Å². The zero-order valence-electron chi connectivity index (χ0n) is 14.7. The van der Waals surface area contributed by atoms with Crippen molar-refractivity contribution in [2.75, 3.05) is 61.1 Å². The number of amides is 1. The highest BCUT2D eigenvalue weighted by atomic mass is 35.5. The molecule has 1 amide bonds. The highest BCUT2D eigenvalue weighted by Crippen LogP contribution is 2.24. The average Bonchev–Trinajstić information content (AvgIpc) is 2.79. The van der Waals surface area contributed by atoms with Gasteiger partial charge in [-0.25, -0.2) is 0 Å². The maximum atomic E-state index is 11.5. The van der Waals surface area contributed by atoms with Crippen LogP contribution in [0.4, 0.5) is 0 Å². The van der Waals surface area contributed by atoms with Crippen molar-refractivity contribution in [1.82, 2.24) is 15.1 Å². The maximum Gasteiger partial charge on any atom is 0.246 e. The van der Waals surface area contributed by atoms with E-state index in [2.05, 4.69) is 10.2 Å². The van der Waals surface area contributed by atoms with E-state index in [9.17, 15) is 15.0 Å². The minimum Gasteiger partial charge on any atom is -0.394 e. The lowest BCUT2D eigenvalue weighted by molar-refractivity contribution is -0.125. The van der Waals surface area contributed by atoms with Crippen molar-refractivity contribution in [2.45, 2.75) is 24.4 Å². The Bertz CT molecular complexity index is 352. The molecule has 0 aromatic heterocycles. The molecule has 8 nitrogen and oxygen atoms in total. The van der Waals surface area contributed by atoms with Gasteiger partial charge < -0.3 is 29.9 Å². The Morgan fingerprint density at radius 2 is 1.83 bits per heavy atom. The van der Waals surface area contributed by atoms with E-state index in [1.165, 1.54) is 7.11 Å². The number of methoxy groups -OCH3 is 1. The van der Waals surface area contributed by atoms with Crippen LogP contribution in [0.5, 0.6) is 0 Å². The molecule has 0 bridgehead atoms. The maximum absolute atomic E-state index is 11.5. The third-order valence-corrected chi connectivity index (χ3v) is 3.83. The van der Waals surface area contributed by atoms with Gasteiger partial charge in [-0.05, 0) is 21.1 Å². The van der Waals surface area contributed by atoms with Gasteiger partial charge in [-0.1, -0.05) is 0 Å². The van der Waals surface area contributed by atoms with Crippen molar-refractivity contribution >= 4 is 30.7 Å². The van der Waals surface area contributed by atoms with E-state index in [0.29, 0.717) is 0 Å². The Kier molecular flexibility index (Phi) is 14.2. The summed E-state index contributed by atoms with van der Waals surface area (Å²) in [7, 11) is 7.32. The van der Waals surface area contributed by atoms with Crippen molar-refractivity contribution in [3.8, 4) is 0 Å². The Morgan fingerprint density at radius 1 is 1.21 bits per heavy atom. The SMILES string of the molecule is COCC(=O)NC[C@H]1O[C@@H](CO)[C@@H](O)[C@H]1N(C)CCN(C)C.Cl.Cl. The van der Waals surface area contributed by atoms with Gasteiger partial charge in [-0.15, -0.1) is 24.8 Å². The van der Waals surface area contributed by atoms with Gasteiger partial charge in [0.1, 0.15) is 18.8 Å². The second-order valence-electron chi connectivity index (χ2n) is 5.90. The van der Waals surface area contributed by atoms with Gasteiger partial charge >= 0.3 is 0 Å². The van der Waals surface area contributed by atoms with E-state index in [4.69, 9.17) is 9.47 Å². The van der Waals surface area contributed by atoms with Crippen molar-refractivity contribution in [3.63, 3.8) is 0 Å². The molecule has 24 heavy (non-hydrogen) atoms. The molecule has 146 valence electrons. The normalized spacial score (nSPS) is 26.2. The number of nitrogens with zero attached hydrogens (tertiary/aromatic N) is 2. The molecule has 1 aliphatic rings. The smallest absolute Gasteiger partial charge is 0.246 e. The van der Waals surface area contributed by atoms with E-state index in [0.717, 1.165) is 13.1 Å². The summed E-state index contributed by atoms with van der Waals surface area (Å²) < 4.78 is 10.4. The first kappa shape index (κ1) is 26.0. The van der Waals surface area contributed by atoms with Crippen LogP contribution < -0.4 is 5.32 Å². The number of halogens is 2. The minimum atomic E-state index is -0.790. The molecule has 0 unspecified atom stereocenters. The van der Waals surface area contributed by atoms with Crippen LogP contribution in [-0.4, -0.2) is 111 Å². The van der Waals surface area contributed by atoms with Crippen LogP contribution in [0, 0.1) is 0 Å². The van der Waals surface area contributed by atoms with E-state index in [1.807, 2.05) is 26.0 Å². The quantitative estimate of drug-likeness (QED) is 0.443. The molecule has 0 saturated carbocycles. The number of hydrogen-bond acceptors (Lipinski definition) is 7. The van der Waals surface area contributed by atoms with E-state index >= 15 is 0 Å². The third-order valence-electron chi connectivity index (χ3n) is 3.83. The summed E-state index contributed by atoms with van der Waals surface area (Å²) in [5.41, 5.74) is 0. The first-order valence-corrected chi connectivity index (χ1v) is 7.45. The van der Waals surface area contributed by atoms with Gasteiger partial charge in [-0.3, -0.25) is 9.69 Å². The molecule has 0 aromatic carbocycles. The minimum absolute atomic E-state index is 0. The highest BCUT2D eigenvalue weighted by Gasteiger charge is 2.45. The lowest BCUT2D eigenvalue weighted by Gasteiger charge is -2.31. The summed E-state index contributed by atoms with van der Waals surface area (Å²) in [4.78, 5) is 15.6. The number of hydrogen-bond donors (Lipinski definition) is 3. The number of nitrogens with one attached hydrogen (secondary N) is 1. The van der Waals surface area contributed by atoms with Crippen LogP contribution in [0.1, 0.15) is 0 Å². The van der Waals surface area contributed by atoms with Crippen molar-refractivity contribution in [1.29, 1.82) is 0 Å². The molecule has 1 rings (SSSR count). The standard InChI is InChI=1S/C14H29N3O5.2ClH/c1-16(2)5-6-17(3)13-10(7-15-12(19)9-21-4)22-11(8-18)14(13)20;;/h10-11,13-14,18,20H,5-9H2,1-4H3,(H,15,19);2*1H/t10-,11+,13+,14-;;/m1../s1. The van der Waals surface area contributed by atoms with Gasteiger partial charge in [0.25, 0.3) is 0 Å². The number of ether oxygens (including phenoxy) is 2. The molecule has 4 atom stereocenters. The third kappa shape index (κ3) is 7.79. The first-order valence-electron chi connectivity index (χ1n) is 7.45. The summed E-state index contributed by atoms with van der Waals surface area (Å²) in [5, 5.41) is 22.4. The number of carbonyl (C=O) groups excluding carboxylic acids is 1. The fraction of sp³-hybridized carbons (Fsp3) is 0.929. The van der Waals surface area contributed by atoms with Gasteiger partial charge in [0.2, 0.25) is 5.91 Å². The van der Waals surface area contributed by atoms with Crippen molar-refractivity contribution in [3.05, 3.63) is 0 Å². The fourth-order valence-corrected chi connectivity index (χ4v) is 2.59. The highest BCUT2D eigenvalue weighted by molar-refractivity contribution is 5.85. The topological polar surface area (TPSA) is 94.5 Å². The molecular formula is C14H31Cl2N3O5. The van der Waals surface area contributed by atoms with Crippen LogP contribution in [0.15, 0.2) is 0 Å². The van der Waals surface area contributed by atoms with Gasteiger partial charge in [0, 0.05) is 26.7 Å². The number of carbonyl (C=O) groups is 1. The lowest BCUT2D eigenvalue weighted by atomic mass is 10.0. The van der Waals surface area contributed by atoms with Gasteiger partial charge in [0.15, 0.2) is 0 Å². The zero-order chi connectivity index (χ0) is 16.7. The number of aliphatic hydroxyl groups excluding tert-OH is 2. The van der Waals surface area contributed by atoms with E-state index < -0.39 is 12.2 Å². The fourth-order valence-electron chi connectivity index (χ4n) is 2.59. The zero-order valence-corrected chi connectivity index (χ0v) is 16.3. The Hall–Kier alpha value is -0.190. The van der Waals surface area contributed by atoms with Crippen molar-refractivity contribution in [2.24, 2.45) is 0 Å². The predicted molar refractivity (Wildman–Crippen MR) is 96.1 cm³/mol. The Balaban J connectivity index is 0. The van der Waals surface area contributed by atoms with E-state index in [-0.39, 0.29) is 62.6 Å². The molecule has 0 spiro atoms. The first-order chi connectivity index (χ1) is 10.4. The second-order valence-corrected chi connectivity index (χ2v) is 5.90. The van der Waals surface area contributed by atoms with Crippen LogP contribution in [0.25, 0.3) is 0 Å². The summed E-state index contributed by atoms with van der Waals surface area (Å²) >= 11 is 0. The molecular weight excluding hydrogens is 361 g/mol. The molecule has 1 aliphatic heterocycles. The number of rotatable bonds is 9. The molecule has 0 aromatic rings. The molecule has 3 N–H and O–H groups in total. The largest absolute Gasteiger partial charge is 0.394 e. The number of aliphatic hydroxyl groups is 2. The molecule has 10 heteroatoms. The predicted octanol–water partition coefficient (Wildman–Crippen LogP) is -1.42. The van der Waals surface area contributed by atoms with E-state index in [1.54, 1.807) is 0 Å². The summed E-state index contributed by atoms with van der Waals surface area (Å²) in [5.74, 6) is -0.234. The van der Waals surface area contributed by atoms with Gasteiger partial charge in [-0.2, -0.15) is 0 Å². The molecule has 1 saturated heterocycles. The van der Waals surface area contributed by atoms with Gasteiger partial charge in [0.05, 0.1) is 18.8 Å². The number of likely N-dealkylation sites (N-methyl/N-ethyl adjacent to an activating group) is 2. The van der Waals surface area contributed by atoms with Crippen molar-refractivity contribution < 1.29 is 24.5 Å². The second kappa shape index (κ2) is 13.1.